The number of carbonyl (C=O) groups excluding carboxylic acids is 1. The molecule has 0 saturated carbocycles. The van der Waals surface area contributed by atoms with Crippen LogP contribution in [0.2, 0.25) is 0 Å². The van der Waals surface area contributed by atoms with Crippen LogP contribution >= 0.6 is 0 Å². The maximum absolute atomic E-state index is 13.1. The summed E-state index contributed by atoms with van der Waals surface area (Å²) in [5.41, 5.74) is 3.99. The average Bonchev–Trinajstić information content (AvgIpc) is 3.32. The molecule has 0 aromatic carbocycles. The van der Waals surface area contributed by atoms with E-state index in [-0.39, 0.29) is 11.3 Å². The third kappa shape index (κ3) is 3.16. The van der Waals surface area contributed by atoms with Crippen molar-refractivity contribution < 1.29 is 4.79 Å². The summed E-state index contributed by atoms with van der Waals surface area (Å²) in [6.45, 7) is 12.7. The van der Waals surface area contributed by atoms with Gasteiger partial charge in [0.2, 0.25) is 0 Å². The normalized spacial score (nSPS) is 21.1. The molecule has 1 amide bonds. The topological polar surface area (TPSA) is 115 Å². The Hall–Kier alpha value is -3.79. The Morgan fingerprint density at radius 3 is 2.40 bits per heavy atom. The number of nitrogens with one attached hydrogen (secondary N) is 1. The van der Waals surface area contributed by atoms with Gasteiger partial charge in [0.05, 0.1) is 5.56 Å². The number of nitrogens with zero attached hydrogens (tertiary/aromatic N) is 8. The minimum Gasteiger partial charge on any atom is -0.309 e. The van der Waals surface area contributed by atoms with Crippen LogP contribution in [0.4, 0.5) is 5.82 Å². The zero-order chi connectivity index (χ0) is 24.5. The van der Waals surface area contributed by atoms with Crippen LogP contribution in [0.5, 0.6) is 0 Å². The van der Waals surface area contributed by atoms with E-state index in [1.54, 1.807) is 24.9 Å². The summed E-state index contributed by atoms with van der Waals surface area (Å²) in [7, 11) is 0. The molecule has 10 nitrogen and oxygen atoms in total. The van der Waals surface area contributed by atoms with Crippen LogP contribution in [0, 0.1) is 12.3 Å². The summed E-state index contributed by atoms with van der Waals surface area (Å²) in [4.78, 5) is 42.6. The lowest BCUT2D eigenvalue weighted by Crippen LogP contribution is -2.63. The number of likely N-dealkylation sites (tertiary alicyclic amines) is 1. The van der Waals surface area contributed by atoms with Crippen molar-refractivity contribution in [3.05, 3.63) is 42.4 Å². The van der Waals surface area contributed by atoms with E-state index < -0.39 is 5.54 Å². The zero-order valence-electron chi connectivity index (χ0n) is 20.5. The Kier molecular flexibility index (Phi) is 4.56. The molecule has 1 saturated heterocycles. The molecule has 2 aliphatic heterocycles. The highest BCUT2D eigenvalue weighted by Crippen LogP contribution is 2.46. The number of pyridine rings is 1. The number of carbonyl (C=O) groups is 1. The summed E-state index contributed by atoms with van der Waals surface area (Å²) in [5.74, 6) is 2.00. The quantitative estimate of drug-likeness (QED) is 0.485. The summed E-state index contributed by atoms with van der Waals surface area (Å²) in [5, 5.41) is 2.97. The molecule has 1 unspecified atom stereocenters. The second-order valence-electron chi connectivity index (χ2n) is 10.3. The Balaban J connectivity index is 1.49. The predicted molar refractivity (Wildman–Crippen MR) is 131 cm³/mol. The number of aryl methyl sites for hydroxylation is 2. The molecule has 0 aliphatic carbocycles. The van der Waals surface area contributed by atoms with Gasteiger partial charge in [-0.15, -0.1) is 0 Å². The van der Waals surface area contributed by atoms with Gasteiger partial charge in [-0.1, -0.05) is 13.8 Å². The highest BCUT2D eigenvalue weighted by molar-refractivity contribution is 6.05. The number of rotatable bonds is 4. The number of imidazole rings is 1. The fourth-order valence-electron chi connectivity index (χ4n) is 5.21. The van der Waals surface area contributed by atoms with E-state index in [1.807, 2.05) is 24.5 Å². The van der Waals surface area contributed by atoms with E-state index in [0.29, 0.717) is 29.4 Å². The van der Waals surface area contributed by atoms with Gasteiger partial charge in [-0.25, -0.2) is 29.9 Å². The monoisotopic (exact) mass is 469 g/mol. The van der Waals surface area contributed by atoms with Crippen molar-refractivity contribution in [2.45, 2.75) is 46.7 Å². The van der Waals surface area contributed by atoms with Crippen LogP contribution in [0.25, 0.3) is 33.8 Å². The standard InChI is InChI=1S/C25H27N9O/c1-6-34-21(16-9-26-14(2)27-10-16)31-19-18(29-13-30-22(19)34)15-7-17-20(28-8-15)32-23(35)25(17,5)33-11-24(3,4)12-33/h7-10,13H,6,11-12H2,1-5H3,(H,28,32,35). The van der Waals surface area contributed by atoms with Crippen LogP contribution in [0.3, 0.4) is 0 Å². The first-order valence-electron chi connectivity index (χ1n) is 11.8. The lowest BCUT2D eigenvalue weighted by Gasteiger charge is -2.52. The van der Waals surface area contributed by atoms with Crippen LogP contribution in [-0.2, 0) is 16.9 Å². The van der Waals surface area contributed by atoms with Crippen LogP contribution in [0.15, 0.2) is 31.0 Å². The molecule has 6 rings (SSSR count). The van der Waals surface area contributed by atoms with Gasteiger partial charge >= 0.3 is 0 Å². The SMILES string of the molecule is CCn1c(-c2cnc(C)nc2)nc2c(-c3cnc4c(c3)C(C)(N3CC(C)(C)C3)C(=O)N4)ncnc21. The molecule has 6 heterocycles. The Morgan fingerprint density at radius 2 is 1.71 bits per heavy atom. The minimum absolute atomic E-state index is 0.0441. The molecular formula is C25H27N9O. The second-order valence-corrected chi connectivity index (χ2v) is 10.3. The number of hydrogen-bond acceptors (Lipinski definition) is 8. The van der Waals surface area contributed by atoms with Crippen molar-refractivity contribution in [3.63, 3.8) is 0 Å². The third-order valence-electron chi connectivity index (χ3n) is 7.12. The van der Waals surface area contributed by atoms with Crippen molar-refractivity contribution >= 4 is 22.9 Å². The molecule has 4 aromatic heterocycles. The van der Waals surface area contributed by atoms with E-state index in [9.17, 15) is 4.79 Å². The van der Waals surface area contributed by atoms with Gasteiger partial charge < -0.3 is 9.88 Å². The van der Waals surface area contributed by atoms with Gasteiger partial charge in [-0.05, 0) is 32.3 Å². The molecule has 1 N–H and O–H groups in total. The summed E-state index contributed by atoms with van der Waals surface area (Å²) in [6, 6.07) is 2.02. The fourth-order valence-corrected chi connectivity index (χ4v) is 5.21. The molecule has 0 radical (unpaired) electrons. The van der Waals surface area contributed by atoms with Crippen molar-refractivity contribution in [3.8, 4) is 22.6 Å². The van der Waals surface area contributed by atoms with Crippen molar-refractivity contribution in [1.29, 1.82) is 0 Å². The minimum atomic E-state index is -0.771. The smallest absolute Gasteiger partial charge is 0.250 e. The van der Waals surface area contributed by atoms with Crippen LogP contribution in [-0.4, -0.2) is 58.4 Å². The highest BCUT2D eigenvalue weighted by Gasteiger charge is 2.54. The van der Waals surface area contributed by atoms with Gasteiger partial charge in [0, 0.05) is 49.4 Å². The van der Waals surface area contributed by atoms with Gasteiger partial charge in [0.15, 0.2) is 5.65 Å². The predicted octanol–water partition coefficient (Wildman–Crippen LogP) is 3.18. The van der Waals surface area contributed by atoms with Crippen LogP contribution in [0.1, 0.15) is 39.1 Å². The summed E-state index contributed by atoms with van der Waals surface area (Å²) >= 11 is 0. The second kappa shape index (κ2) is 7.35. The van der Waals surface area contributed by atoms with Crippen LogP contribution < -0.4 is 5.32 Å². The summed E-state index contributed by atoms with van der Waals surface area (Å²) in [6.07, 6.45) is 6.84. The number of fused-ring (bicyclic) bond motifs is 2. The number of aromatic nitrogens is 7. The molecule has 1 fully saturated rings. The van der Waals surface area contributed by atoms with Crippen molar-refractivity contribution in [1.82, 2.24) is 39.4 Å². The average molecular weight is 470 g/mol. The van der Waals surface area contributed by atoms with E-state index >= 15 is 0 Å². The van der Waals surface area contributed by atoms with Crippen molar-refractivity contribution in [2.75, 3.05) is 18.4 Å². The first-order valence-corrected chi connectivity index (χ1v) is 11.8. The lowest BCUT2D eigenvalue weighted by atomic mass is 9.78. The van der Waals surface area contributed by atoms with Gasteiger partial charge in [0.1, 0.15) is 40.5 Å². The molecule has 4 aromatic rings. The molecule has 178 valence electrons. The molecule has 0 spiro atoms. The van der Waals surface area contributed by atoms with E-state index in [0.717, 1.165) is 41.3 Å². The molecule has 1 atom stereocenters. The van der Waals surface area contributed by atoms with E-state index in [1.165, 1.54) is 0 Å². The molecule has 10 heteroatoms. The third-order valence-corrected chi connectivity index (χ3v) is 7.12. The molecule has 2 aliphatic rings. The Bertz CT molecular complexity index is 1480. The van der Waals surface area contributed by atoms with E-state index in [2.05, 4.69) is 55.9 Å². The molecular weight excluding hydrogens is 442 g/mol. The fraction of sp³-hybridized carbons (Fsp3) is 0.400. The zero-order valence-corrected chi connectivity index (χ0v) is 20.5. The number of anilines is 1. The largest absolute Gasteiger partial charge is 0.309 e. The summed E-state index contributed by atoms with van der Waals surface area (Å²) < 4.78 is 2.03. The maximum atomic E-state index is 13.1. The Morgan fingerprint density at radius 1 is 1.00 bits per heavy atom. The van der Waals surface area contributed by atoms with E-state index in [4.69, 9.17) is 4.98 Å². The lowest BCUT2D eigenvalue weighted by molar-refractivity contribution is -0.136. The molecule has 0 bridgehead atoms. The van der Waals surface area contributed by atoms with Gasteiger partial charge in [-0.3, -0.25) is 9.69 Å². The first kappa shape index (κ1) is 21.7. The maximum Gasteiger partial charge on any atom is 0.250 e. The van der Waals surface area contributed by atoms with Gasteiger partial charge in [-0.2, -0.15) is 0 Å². The van der Waals surface area contributed by atoms with Gasteiger partial charge in [0.25, 0.3) is 5.91 Å². The Labute approximate surface area is 202 Å². The first-order chi connectivity index (χ1) is 16.7. The number of hydrogen-bond donors (Lipinski definition) is 1. The number of amides is 1. The highest BCUT2D eigenvalue weighted by atomic mass is 16.2. The van der Waals surface area contributed by atoms with Crippen molar-refractivity contribution in [2.24, 2.45) is 5.41 Å². The molecule has 35 heavy (non-hydrogen) atoms.